The van der Waals surface area contributed by atoms with E-state index in [4.69, 9.17) is 11.1 Å². The fourth-order valence-electron chi connectivity index (χ4n) is 0.892. The van der Waals surface area contributed by atoms with Crippen LogP contribution in [0.5, 0.6) is 0 Å². The molecule has 3 N–H and O–H groups in total. The molecule has 0 aromatic heterocycles. The normalized spacial score (nSPS) is 11.2. The van der Waals surface area contributed by atoms with Crippen molar-refractivity contribution in [3.63, 3.8) is 0 Å². The molecule has 0 heterocycles. The molecule has 0 amide bonds. The Kier molecular flexibility index (Phi) is 5.81. The van der Waals surface area contributed by atoms with Gasteiger partial charge in [0.1, 0.15) is 0 Å². The maximum absolute atomic E-state index is 7.48. The second kappa shape index (κ2) is 7.19. The molecule has 16 heavy (non-hydrogen) atoms. The molecule has 1 rings (SSSR count). The Morgan fingerprint density at radius 1 is 1.44 bits per heavy atom. The average molecular weight is 255 g/mol. The molecule has 0 atom stereocenters. The van der Waals surface area contributed by atoms with Crippen LogP contribution in [0.4, 0.5) is 0 Å². The average Bonchev–Trinajstić information content (AvgIpc) is 2.30. The van der Waals surface area contributed by atoms with E-state index in [0.717, 1.165) is 5.75 Å². The molecule has 0 bridgehead atoms. The number of methoxy groups -OCH3 is 1. The molecule has 1 aromatic carbocycles. The van der Waals surface area contributed by atoms with Gasteiger partial charge in [0.05, 0.1) is 7.11 Å². The van der Waals surface area contributed by atoms with Crippen LogP contribution >= 0.6 is 21.6 Å². The van der Waals surface area contributed by atoms with Gasteiger partial charge in [0.25, 0.3) is 6.02 Å². The summed E-state index contributed by atoms with van der Waals surface area (Å²) in [6.45, 7) is 0. The van der Waals surface area contributed by atoms with Crippen molar-refractivity contribution in [3.05, 3.63) is 35.9 Å². The maximum atomic E-state index is 7.48. The van der Waals surface area contributed by atoms with Gasteiger partial charge in [-0.3, -0.25) is 5.41 Å². The number of benzene rings is 1. The first-order valence-corrected chi connectivity index (χ1v) is 6.84. The molecule has 0 aliphatic carbocycles. The summed E-state index contributed by atoms with van der Waals surface area (Å²) in [6, 6.07) is 10.1. The summed E-state index contributed by atoms with van der Waals surface area (Å²) >= 11 is 0. The molecule has 0 fully saturated rings. The predicted molar refractivity (Wildman–Crippen MR) is 71.7 cm³/mol. The summed E-state index contributed by atoms with van der Waals surface area (Å²) in [5, 5.41) is 7.62. The Bertz CT molecular complexity index is 368. The smallest absolute Gasteiger partial charge is 0.288 e. The Morgan fingerprint density at radius 3 is 2.75 bits per heavy atom. The molecule has 4 nitrogen and oxygen atoms in total. The van der Waals surface area contributed by atoms with Gasteiger partial charge < -0.3 is 10.5 Å². The lowest BCUT2D eigenvalue weighted by Crippen LogP contribution is -2.14. The lowest BCUT2D eigenvalue weighted by molar-refractivity contribution is 0.397. The van der Waals surface area contributed by atoms with Crippen molar-refractivity contribution in [2.75, 3.05) is 7.11 Å². The van der Waals surface area contributed by atoms with E-state index in [2.05, 4.69) is 9.73 Å². The zero-order valence-corrected chi connectivity index (χ0v) is 10.5. The van der Waals surface area contributed by atoms with Crippen LogP contribution in [0.25, 0.3) is 0 Å². The zero-order chi connectivity index (χ0) is 11.8. The highest BCUT2D eigenvalue weighted by molar-refractivity contribution is 8.81. The van der Waals surface area contributed by atoms with Crippen LogP contribution in [0.1, 0.15) is 5.56 Å². The van der Waals surface area contributed by atoms with E-state index in [9.17, 15) is 0 Å². The molecular weight excluding hydrogens is 242 g/mol. The Hall–Kier alpha value is -1.14. The minimum absolute atomic E-state index is 0.0119. The van der Waals surface area contributed by atoms with Crippen LogP contribution in [0.15, 0.2) is 35.3 Å². The minimum Gasteiger partial charge on any atom is -0.468 e. The van der Waals surface area contributed by atoms with Gasteiger partial charge in [-0.2, -0.15) is 4.99 Å². The summed E-state index contributed by atoms with van der Waals surface area (Å²) in [5.41, 5.74) is 6.54. The molecule has 0 aliphatic heterocycles. The molecule has 0 unspecified atom stereocenters. The summed E-state index contributed by atoms with van der Waals surface area (Å²) in [5.74, 6) is 0.830. The van der Waals surface area contributed by atoms with E-state index < -0.39 is 0 Å². The van der Waals surface area contributed by atoms with Crippen molar-refractivity contribution < 1.29 is 4.74 Å². The number of amidine groups is 2. The number of nitrogens with zero attached hydrogens (tertiary/aromatic N) is 1. The van der Waals surface area contributed by atoms with E-state index in [1.165, 1.54) is 23.5 Å². The number of rotatable bonds is 3. The van der Waals surface area contributed by atoms with E-state index in [-0.39, 0.29) is 11.2 Å². The van der Waals surface area contributed by atoms with E-state index in [1.54, 1.807) is 10.8 Å². The first-order valence-electron chi connectivity index (χ1n) is 4.52. The second-order valence-corrected chi connectivity index (χ2v) is 5.08. The second-order valence-electron chi connectivity index (χ2n) is 2.79. The van der Waals surface area contributed by atoms with Crippen LogP contribution in [0.3, 0.4) is 0 Å². The third-order valence-corrected chi connectivity index (χ3v) is 3.63. The van der Waals surface area contributed by atoms with Gasteiger partial charge in [-0.25, -0.2) is 0 Å². The van der Waals surface area contributed by atoms with E-state index in [0.29, 0.717) is 0 Å². The number of nitrogens with two attached hydrogens (primary N) is 1. The number of hydrogen-bond donors (Lipinski definition) is 2. The topological polar surface area (TPSA) is 71.5 Å². The fraction of sp³-hybridized carbons (Fsp3) is 0.200. The highest BCUT2D eigenvalue weighted by Gasteiger charge is 1.99. The largest absolute Gasteiger partial charge is 0.468 e. The SMILES string of the molecule is COC(N)=NC(=N)SSCc1ccccc1. The van der Waals surface area contributed by atoms with Crippen molar-refractivity contribution in [3.8, 4) is 0 Å². The minimum atomic E-state index is 0.0119. The van der Waals surface area contributed by atoms with Crippen molar-refractivity contribution in [2.45, 2.75) is 5.75 Å². The van der Waals surface area contributed by atoms with Crippen LogP contribution in [-0.2, 0) is 10.5 Å². The molecule has 0 saturated carbocycles. The van der Waals surface area contributed by atoms with Crippen LogP contribution < -0.4 is 5.73 Å². The third kappa shape index (κ3) is 5.09. The Labute approximate surface area is 103 Å². The molecule has 0 aliphatic rings. The highest BCUT2D eigenvalue weighted by atomic mass is 33.1. The monoisotopic (exact) mass is 255 g/mol. The molecule has 6 heteroatoms. The van der Waals surface area contributed by atoms with Crippen molar-refractivity contribution >= 4 is 32.8 Å². The third-order valence-electron chi connectivity index (χ3n) is 1.63. The first-order chi connectivity index (χ1) is 7.72. The van der Waals surface area contributed by atoms with Crippen LogP contribution in [0.2, 0.25) is 0 Å². The quantitative estimate of drug-likeness (QED) is 0.494. The van der Waals surface area contributed by atoms with Gasteiger partial charge in [0.2, 0.25) is 0 Å². The van der Waals surface area contributed by atoms with Gasteiger partial charge in [0.15, 0.2) is 5.17 Å². The number of nitrogens with one attached hydrogen (secondary N) is 1. The first kappa shape index (κ1) is 12.9. The van der Waals surface area contributed by atoms with E-state index in [1.807, 2.05) is 30.3 Å². The van der Waals surface area contributed by atoms with Gasteiger partial charge in [-0.05, 0) is 16.4 Å². The van der Waals surface area contributed by atoms with Gasteiger partial charge >= 0.3 is 0 Å². The standard InChI is InChI=1S/C10H13N3OS2/c1-14-9(11)13-10(12)16-15-7-8-5-3-2-4-6-8/h2-6H,7H2,1H3,(H3,11,12,13). The zero-order valence-electron chi connectivity index (χ0n) is 8.84. The maximum Gasteiger partial charge on any atom is 0.288 e. The summed E-state index contributed by atoms with van der Waals surface area (Å²) < 4.78 is 4.65. The summed E-state index contributed by atoms with van der Waals surface area (Å²) in [4.78, 5) is 3.72. The lowest BCUT2D eigenvalue weighted by atomic mass is 10.2. The summed E-state index contributed by atoms with van der Waals surface area (Å²) in [6.07, 6.45) is 0. The van der Waals surface area contributed by atoms with Crippen molar-refractivity contribution in [2.24, 2.45) is 10.7 Å². The number of hydrogen-bond acceptors (Lipinski definition) is 4. The predicted octanol–water partition coefficient (Wildman–Crippen LogP) is 2.46. The number of ether oxygens (including phenoxy) is 1. The highest BCUT2D eigenvalue weighted by Crippen LogP contribution is 2.26. The molecule has 0 saturated heterocycles. The van der Waals surface area contributed by atoms with Crippen molar-refractivity contribution in [1.29, 1.82) is 5.41 Å². The molecule has 1 aromatic rings. The van der Waals surface area contributed by atoms with Gasteiger partial charge in [-0.15, -0.1) is 0 Å². The molecule has 0 radical (unpaired) electrons. The van der Waals surface area contributed by atoms with E-state index >= 15 is 0 Å². The van der Waals surface area contributed by atoms with Crippen LogP contribution in [-0.4, -0.2) is 18.3 Å². The van der Waals surface area contributed by atoms with Crippen LogP contribution in [0, 0.1) is 5.41 Å². The Balaban J connectivity index is 2.29. The molecule has 86 valence electrons. The molecular formula is C10H13N3OS2. The Morgan fingerprint density at radius 2 is 2.12 bits per heavy atom. The fourth-order valence-corrected chi connectivity index (χ4v) is 2.55. The van der Waals surface area contributed by atoms with Gasteiger partial charge in [0, 0.05) is 5.75 Å². The lowest BCUT2D eigenvalue weighted by Gasteiger charge is -2.00. The van der Waals surface area contributed by atoms with Crippen molar-refractivity contribution in [1.82, 2.24) is 0 Å². The number of aliphatic imine (C=N–C) groups is 1. The van der Waals surface area contributed by atoms with Gasteiger partial charge in [-0.1, -0.05) is 41.1 Å². The molecule has 0 spiro atoms. The summed E-state index contributed by atoms with van der Waals surface area (Å²) in [7, 11) is 4.23.